The predicted molar refractivity (Wildman–Crippen MR) is 132 cm³/mol. The number of fused-ring (bicyclic) bond motifs is 1. The number of piperidine rings is 1. The highest BCUT2D eigenvalue weighted by Gasteiger charge is 2.25. The van der Waals surface area contributed by atoms with Crippen molar-refractivity contribution >= 4 is 48.7 Å². The van der Waals surface area contributed by atoms with Gasteiger partial charge in [-0.25, -0.2) is 17.7 Å². The molecule has 0 bridgehead atoms. The van der Waals surface area contributed by atoms with Crippen molar-refractivity contribution in [1.82, 2.24) is 18.8 Å². The maximum Gasteiger partial charge on any atom is 0.294 e. The monoisotopic (exact) mass is 536 g/mol. The maximum atomic E-state index is 12.6. The highest BCUT2D eigenvalue weighted by atomic mass is 32.2. The van der Waals surface area contributed by atoms with Crippen LogP contribution in [0.5, 0.6) is 0 Å². The van der Waals surface area contributed by atoms with Crippen molar-refractivity contribution in [2.75, 3.05) is 30.0 Å². The Morgan fingerprint density at radius 2 is 1.75 bits per heavy atom. The van der Waals surface area contributed by atoms with Gasteiger partial charge in [-0.3, -0.25) is 18.7 Å². The number of nitrogens with one attached hydrogen (secondary N) is 2. The third-order valence-electron chi connectivity index (χ3n) is 5.72. The molecule has 2 aromatic heterocycles. The number of benzene rings is 1. The van der Waals surface area contributed by atoms with Crippen LogP contribution in [-0.4, -0.2) is 71.5 Å². The van der Waals surface area contributed by atoms with Crippen molar-refractivity contribution in [2.24, 2.45) is 0 Å². The molecule has 1 amide bonds. The molecule has 1 aliphatic rings. The fourth-order valence-corrected chi connectivity index (χ4v) is 5.22. The van der Waals surface area contributed by atoms with E-state index in [9.17, 15) is 26.4 Å². The normalized spacial score (nSPS) is 15.6. The highest BCUT2D eigenvalue weighted by molar-refractivity contribution is 7.88. The van der Waals surface area contributed by atoms with E-state index < -0.39 is 31.6 Å². The van der Waals surface area contributed by atoms with E-state index >= 15 is 0 Å². The molecule has 15 heteroatoms. The molecule has 1 saturated heterocycles. The van der Waals surface area contributed by atoms with E-state index in [0.717, 1.165) is 12.1 Å². The van der Waals surface area contributed by atoms with E-state index in [1.54, 1.807) is 6.07 Å². The van der Waals surface area contributed by atoms with Gasteiger partial charge in [0, 0.05) is 42.5 Å². The third-order valence-corrected chi connectivity index (χ3v) is 7.89. The van der Waals surface area contributed by atoms with Crippen LogP contribution < -0.4 is 16.2 Å². The molecule has 192 valence electrons. The van der Waals surface area contributed by atoms with Gasteiger partial charge in [0.1, 0.15) is 12.2 Å². The average molecular weight is 537 g/mol. The van der Waals surface area contributed by atoms with E-state index in [1.165, 1.54) is 39.5 Å². The second-order valence-electron chi connectivity index (χ2n) is 8.36. The second kappa shape index (κ2) is 9.93. The summed E-state index contributed by atoms with van der Waals surface area (Å²) in [6.45, 7) is 0.389. The number of sulfonamides is 1. The maximum absolute atomic E-state index is 12.6. The number of anilines is 2. The first-order valence-corrected chi connectivity index (χ1v) is 14.1. The largest absolute Gasteiger partial charge is 0.351 e. The van der Waals surface area contributed by atoms with Gasteiger partial charge < -0.3 is 10.6 Å². The Kier molecular flexibility index (Phi) is 7.08. The molecule has 13 nitrogen and oxygen atoms in total. The van der Waals surface area contributed by atoms with Crippen LogP contribution in [-0.2, 0) is 31.5 Å². The lowest BCUT2D eigenvalue weighted by Crippen LogP contribution is -2.42. The molecule has 1 aromatic carbocycles. The standard InChI is InChI=1S/C21H24N6O7S2/c1-35(30,31)26-10-8-16(9-11-26)24-21-22-12-14-2-7-19(29)27(20(14)25-21)13-18(28)23-15-3-5-17(6-4-15)36(32,33)34/h2-7,12,16H,8-11,13H2,1H3,(H,23,28)(H,22,24,25)(H,32,33,34). The van der Waals surface area contributed by atoms with Gasteiger partial charge in [0.25, 0.3) is 15.7 Å². The fourth-order valence-electron chi connectivity index (χ4n) is 3.86. The molecule has 0 spiro atoms. The molecule has 0 saturated carbocycles. The minimum atomic E-state index is -4.36. The molecule has 0 atom stereocenters. The number of aromatic nitrogens is 3. The van der Waals surface area contributed by atoms with Crippen molar-refractivity contribution < 1.29 is 26.2 Å². The lowest BCUT2D eigenvalue weighted by molar-refractivity contribution is -0.116. The first kappa shape index (κ1) is 25.7. The number of hydrogen-bond donors (Lipinski definition) is 3. The van der Waals surface area contributed by atoms with Gasteiger partial charge in [-0.2, -0.15) is 13.4 Å². The van der Waals surface area contributed by atoms with E-state index in [1.807, 2.05) is 0 Å². The van der Waals surface area contributed by atoms with Gasteiger partial charge in [0.15, 0.2) is 0 Å². The van der Waals surface area contributed by atoms with Crippen molar-refractivity contribution in [3.63, 3.8) is 0 Å². The quantitative estimate of drug-likeness (QED) is 0.360. The molecule has 3 N–H and O–H groups in total. The van der Waals surface area contributed by atoms with Crippen LogP contribution in [0.3, 0.4) is 0 Å². The molecular formula is C21H24N6O7S2. The number of carbonyl (C=O) groups is 1. The molecule has 0 radical (unpaired) electrons. The molecule has 0 aliphatic carbocycles. The summed E-state index contributed by atoms with van der Waals surface area (Å²) in [6, 6.07) is 7.69. The molecule has 3 heterocycles. The summed E-state index contributed by atoms with van der Waals surface area (Å²) >= 11 is 0. The summed E-state index contributed by atoms with van der Waals surface area (Å²) in [4.78, 5) is 33.6. The fraction of sp³-hybridized carbons (Fsp3) is 0.333. The topological polar surface area (TPSA) is 181 Å². The average Bonchev–Trinajstić information content (AvgIpc) is 2.80. The predicted octanol–water partition coefficient (Wildman–Crippen LogP) is 0.513. The van der Waals surface area contributed by atoms with E-state index in [0.29, 0.717) is 31.3 Å². The van der Waals surface area contributed by atoms with Crippen LogP contribution in [0.1, 0.15) is 12.8 Å². The summed E-state index contributed by atoms with van der Waals surface area (Å²) in [5, 5.41) is 6.28. The minimum Gasteiger partial charge on any atom is -0.351 e. The smallest absolute Gasteiger partial charge is 0.294 e. The van der Waals surface area contributed by atoms with E-state index in [4.69, 9.17) is 4.55 Å². The van der Waals surface area contributed by atoms with Gasteiger partial charge in [-0.15, -0.1) is 0 Å². The van der Waals surface area contributed by atoms with Crippen LogP contribution in [0.4, 0.5) is 11.6 Å². The Balaban J connectivity index is 1.50. The van der Waals surface area contributed by atoms with Crippen LogP contribution in [0, 0.1) is 0 Å². The number of hydrogen-bond acceptors (Lipinski definition) is 9. The van der Waals surface area contributed by atoms with Crippen LogP contribution >= 0.6 is 0 Å². The molecule has 0 unspecified atom stereocenters. The van der Waals surface area contributed by atoms with Gasteiger partial charge in [0.2, 0.25) is 21.9 Å². The summed E-state index contributed by atoms with van der Waals surface area (Å²) in [5.41, 5.74) is 0.0639. The van der Waals surface area contributed by atoms with Crippen LogP contribution in [0.15, 0.2) is 52.3 Å². The molecule has 1 aliphatic heterocycles. The van der Waals surface area contributed by atoms with Crippen molar-refractivity contribution in [3.05, 3.63) is 52.9 Å². The number of nitrogens with zero attached hydrogens (tertiary/aromatic N) is 4. The molecule has 36 heavy (non-hydrogen) atoms. The first-order chi connectivity index (χ1) is 16.9. The van der Waals surface area contributed by atoms with Crippen molar-refractivity contribution in [3.8, 4) is 0 Å². The lowest BCUT2D eigenvalue weighted by atomic mass is 10.1. The third kappa shape index (κ3) is 6.04. The van der Waals surface area contributed by atoms with Crippen molar-refractivity contribution in [1.29, 1.82) is 0 Å². The molecule has 3 aromatic rings. The molecular weight excluding hydrogens is 512 g/mol. The Hall–Kier alpha value is -3.40. The zero-order chi connectivity index (χ0) is 26.1. The Morgan fingerprint density at radius 1 is 1.08 bits per heavy atom. The Labute approximate surface area is 207 Å². The second-order valence-corrected chi connectivity index (χ2v) is 11.8. The zero-order valence-corrected chi connectivity index (χ0v) is 20.8. The summed E-state index contributed by atoms with van der Waals surface area (Å²) < 4.78 is 57.4. The highest BCUT2D eigenvalue weighted by Crippen LogP contribution is 2.18. The number of rotatable bonds is 7. The SMILES string of the molecule is CS(=O)(=O)N1CCC(Nc2ncc3ccc(=O)n(CC(=O)Nc4ccc(S(=O)(=O)O)cc4)c3n2)CC1. The Bertz CT molecular complexity index is 1560. The van der Waals surface area contributed by atoms with Crippen molar-refractivity contribution in [2.45, 2.75) is 30.3 Å². The van der Waals surface area contributed by atoms with E-state index in [-0.39, 0.29) is 34.8 Å². The first-order valence-electron chi connectivity index (χ1n) is 10.9. The molecule has 1 fully saturated rings. The summed E-state index contributed by atoms with van der Waals surface area (Å²) in [5.74, 6) is -0.300. The van der Waals surface area contributed by atoms with Gasteiger partial charge in [0.05, 0.1) is 11.2 Å². The number of carbonyl (C=O) groups excluding carboxylic acids is 1. The van der Waals surface area contributed by atoms with Crippen LogP contribution in [0.2, 0.25) is 0 Å². The lowest BCUT2D eigenvalue weighted by Gasteiger charge is -2.30. The number of amides is 1. The number of pyridine rings is 1. The van der Waals surface area contributed by atoms with Gasteiger partial charge in [-0.1, -0.05) is 0 Å². The van der Waals surface area contributed by atoms with E-state index in [2.05, 4.69) is 20.6 Å². The minimum absolute atomic E-state index is 0.0571. The zero-order valence-electron chi connectivity index (χ0n) is 19.2. The Morgan fingerprint density at radius 3 is 2.36 bits per heavy atom. The van der Waals surface area contributed by atoms with Gasteiger partial charge in [-0.05, 0) is 43.2 Å². The van der Waals surface area contributed by atoms with Gasteiger partial charge >= 0.3 is 0 Å². The summed E-state index contributed by atoms with van der Waals surface area (Å²) in [6.07, 6.45) is 3.83. The summed E-state index contributed by atoms with van der Waals surface area (Å²) in [7, 11) is -7.60. The molecule has 4 rings (SSSR count). The van der Waals surface area contributed by atoms with Crippen LogP contribution in [0.25, 0.3) is 11.0 Å².